The summed E-state index contributed by atoms with van der Waals surface area (Å²) in [6, 6.07) is 55.1. The van der Waals surface area contributed by atoms with Gasteiger partial charge in [-0.15, -0.1) is 0 Å². The molecule has 62 heavy (non-hydrogen) atoms. The zero-order valence-corrected chi connectivity index (χ0v) is 35.3. The first kappa shape index (κ1) is 38.5. The summed E-state index contributed by atoms with van der Waals surface area (Å²) < 4.78 is 0. The normalized spacial score (nSPS) is 12.6. The van der Waals surface area contributed by atoms with Crippen molar-refractivity contribution in [2.24, 2.45) is 0 Å². The second-order valence-electron chi connectivity index (χ2n) is 16.1. The smallest absolute Gasteiger partial charge is 0.164 e. The lowest BCUT2D eigenvalue weighted by Crippen LogP contribution is -2.05. The highest BCUT2D eigenvalue weighted by molar-refractivity contribution is 5.99. The van der Waals surface area contributed by atoms with Gasteiger partial charge in [-0.25, -0.2) is 29.9 Å². The molecule has 6 heteroatoms. The van der Waals surface area contributed by atoms with Gasteiger partial charge in [0.2, 0.25) is 0 Å². The third kappa shape index (κ3) is 7.52. The summed E-state index contributed by atoms with van der Waals surface area (Å²) in [5, 5.41) is 2.32. The largest absolute Gasteiger partial charge is 0.209 e. The van der Waals surface area contributed by atoms with Crippen LogP contribution >= 0.6 is 0 Å². The number of aryl methyl sites for hydroxylation is 3. The van der Waals surface area contributed by atoms with E-state index in [-0.39, 0.29) is 0 Å². The van der Waals surface area contributed by atoms with Crippen molar-refractivity contribution in [1.82, 2.24) is 29.9 Å². The molecule has 0 saturated heterocycles. The number of hydrogen-bond donors (Lipinski definition) is 0. The van der Waals surface area contributed by atoms with Crippen molar-refractivity contribution in [3.63, 3.8) is 0 Å². The van der Waals surface area contributed by atoms with Gasteiger partial charge in [-0.2, -0.15) is 0 Å². The summed E-state index contributed by atoms with van der Waals surface area (Å²) in [6.45, 7) is 8.44. The van der Waals surface area contributed by atoms with Gasteiger partial charge in [0, 0.05) is 33.4 Å². The zero-order chi connectivity index (χ0) is 42.2. The van der Waals surface area contributed by atoms with Crippen molar-refractivity contribution in [3.05, 3.63) is 198 Å². The number of benzene rings is 7. The molecule has 0 amide bonds. The average Bonchev–Trinajstić information content (AvgIpc) is 3.31. The van der Waals surface area contributed by atoms with Crippen LogP contribution in [0.15, 0.2) is 175 Å². The van der Waals surface area contributed by atoms with Gasteiger partial charge in [0.05, 0.1) is 0 Å². The van der Waals surface area contributed by atoms with Crippen LogP contribution in [-0.2, 0) is 0 Å². The van der Waals surface area contributed by atoms with Crippen molar-refractivity contribution in [2.45, 2.75) is 40.5 Å². The van der Waals surface area contributed by atoms with Gasteiger partial charge in [0.15, 0.2) is 34.9 Å². The molecular formula is C56H44N6. The molecule has 1 aliphatic rings. The first-order valence-electron chi connectivity index (χ1n) is 21.2. The highest BCUT2D eigenvalue weighted by Gasteiger charge is 2.19. The van der Waals surface area contributed by atoms with Crippen molar-refractivity contribution < 1.29 is 0 Å². The highest BCUT2D eigenvalue weighted by atomic mass is 15.0. The Morgan fingerprint density at radius 3 is 1.39 bits per heavy atom. The lowest BCUT2D eigenvalue weighted by atomic mass is 9.93. The van der Waals surface area contributed by atoms with Crippen molar-refractivity contribution in [3.8, 4) is 79.2 Å². The minimum atomic E-state index is 0.634. The third-order valence-corrected chi connectivity index (χ3v) is 11.9. The van der Waals surface area contributed by atoms with Crippen LogP contribution in [0.5, 0.6) is 0 Å². The number of allylic oxidation sites excluding steroid dienone is 4. The minimum Gasteiger partial charge on any atom is -0.209 e. The first-order chi connectivity index (χ1) is 30.4. The minimum absolute atomic E-state index is 0.634. The molecule has 298 valence electrons. The summed E-state index contributed by atoms with van der Waals surface area (Å²) >= 11 is 0. The lowest BCUT2D eigenvalue weighted by Gasteiger charge is -2.15. The van der Waals surface area contributed by atoms with Crippen LogP contribution in [0.25, 0.3) is 95.5 Å². The van der Waals surface area contributed by atoms with Crippen LogP contribution in [0.2, 0.25) is 0 Å². The van der Waals surface area contributed by atoms with E-state index in [9.17, 15) is 0 Å². The summed E-state index contributed by atoms with van der Waals surface area (Å²) in [6.07, 6.45) is 6.27. The van der Waals surface area contributed by atoms with E-state index in [0.29, 0.717) is 29.1 Å². The zero-order valence-electron chi connectivity index (χ0n) is 35.3. The molecule has 7 aromatic carbocycles. The predicted molar refractivity (Wildman–Crippen MR) is 254 cm³/mol. The maximum Gasteiger partial charge on any atom is 0.164 e. The van der Waals surface area contributed by atoms with E-state index >= 15 is 0 Å². The molecule has 0 saturated carbocycles. The molecule has 0 N–H and O–H groups in total. The van der Waals surface area contributed by atoms with Crippen LogP contribution in [0, 0.1) is 20.8 Å². The van der Waals surface area contributed by atoms with E-state index in [1.807, 2.05) is 30.3 Å². The standard InChI is InChI=1S/C56H44N6/c1-35-16-5-9-25-45(35)53-57-51(58-54(61-53)46-26-10-6-17-36(46)2)43-23-13-21-40(32-43)41-31-30-39-20-15-29-49(50(39)34-41)42-22-14-24-44(33-42)52-59-55(47-27-11-7-18-37(47)3)62-56(60-52)48-28-12-8-19-38(48)4/h5-11,13-27,29-34H,12,28H2,1-4H3. The molecule has 2 aromatic heterocycles. The summed E-state index contributed by atoms with van der Waals surface area (Å²) in [5.41, 5.74) is 15.0. The van der Waals surface area contributed by atoms with Crippen LogP contribution in [0.3, 0.4) is 0 Å². The molecule has 0 bridgehead atoms. The van der Waals surface area contributed by atoms with Crippen molar-refractivity contribution in [1.29, 1.82) is 0 Å². The molecule has 1 aliphatic carbocycles. The molecule has 6 nitrogen and oxygen atoms in total. The van der Waals surface area contributed by atoms with Gasteiger partial charge in [0.1, 0.15) is 0 Å². The Bertz CT molecular complexity index is 3190. The van der Waals surface area contributed by atoms with Crippen molar-refractivity contribution in [2.75, 3.05) is 0 Å². The fourth-order valence-electron chi connectivity index (χ4n) is 8.42. The molecule has 9 aromatic rings. The van der Waals surface area contributed by atoms with Gasteiger partial charge >= 0.3 is 0 Å². The second kappa shape index (κ2) is 16.4. The maximum atomic E-state index is 5.14. The number of hydrogen-bond acceptors (Lipinski definition) is 6. The van der Waals surface area contributed by atoms with Gasteiger partial charge in [-0.1, -0.05) is 152 Å². The van der Waals surface area contributed by atoms with Gasteiger partial charge < -0.3 is 0 Å². The molecule has 2 heterocycles. The highest BCUT2D eigenvalue weighted by Crippen LogP contribution is 2.37. The summed E-state index contributed by atoms with van der Waals surface area (Å²) in [7, 11) is 0. The molecule has 0 unspecified atom stereocenters. The quantitative estimate of drug-likeness (QED) is 0.152. The van der Waals surface area contributed by atoms with E-state index in [2.05, 4.69) is 167 Å². The molecule has 0 fully saturated rings. The van der Waals surface area contributed by atoms with Crippen LogP contribution in [-0.4, -0.2) is 29.9 Å². The fourth-order valence-corrected chi connectivity index (χ4v) is 8.42. The Kier molecular flexibility index (Phi) is 10.2. The molecule has 0 atom stereocenters. The van der Waals surface area contributed by atoms with E-state index in [1.165, 1.54) is 11.1 Å². The topological polar surface area (TPSA) is 77.3 Å². The summed E-state index contributed by atoms with van der Waals surface area (Å²) in [5.74, 6) is 4.05. The lowest BCUT2D eigenvalue weighted by molar-refractivity contribution is 0.966. The van der Waals surface area contributed by atoms with Gasteiger partial charge in [-0.05, 0) is 114 Å². The molecule has 0 aliphatic heterocycles. The van der Waals surface area contributed by atoms with E-state index in [4.69, 9.17) is 29.9 Å². The molecule has 0 radical (unpaired) electrons. The number of fused-ring (bicyclic) bond motifs is 1. The fraction of sp³-hybridized carbons (Fsp3) is 0.107. The Morgan fingerprint density at radius 2 is 0.806 bits per heavy atom. The van der Waals surface area contributed by atoms with Gasteiger partial charge in [-0.3, -0.25) is 0 Å². The first-order valence-corrected chi connectivity index (χ1v) is 21.2. The average molecular weight is 801 g/mol. The van der Waals surface area contributed by atoms with E-state index in [1.54, 1.807) is 0 Å². The molecule has 10 rings (SSSR count). The van der Waals surface area contributed by atoms with E-state index in [0.717, 1.165) is 96.2 Å². The Labute approximate surface area is 362 Å². The SMILES string of the molecule is CC1=C(c2nc(-c3cccc(-c4cccc5ccc(-c6cccc(-c7nc(-c8ccccc8C)nc(-c8ccccc8C)n7)c6)cc45)c3)nc(-c3ccccc3C)n2)CCC=C1. The second-order valence-corrected chi connectivity index (χ2v) is 16.1. The third-order valence-electron chi connectivity index (χ3n) is 11.9. The predicted octanol–water partition coefficient (Wildman–Crippen LogP) is 13.9. The Hall–Kier alpha value is -7.70. The number of nitrogens with zero attached hydrogens (tertiary/aromatic N) is 6. The monoisotopic (exact) mass is 800 g/mol. The van der Waals surface area contributed by atoms with Crippen LogP contribution in [0.1, 0.15) is 42.3 Å². The number of rotatable bonds is 8. The maximum absolute atomic E-state index is 5.14. The Balaban J connectivity index is 1.05. The molecular weight excluding hydrogens is 757 g/mol. The summed E-state index contributed by atoms with van der Waals surface area (Å²) in [4.78, 5) is 30.5. The van der Waals surface area contributed by atoms with Crippen molar-refractivity contribution >= 4 is 16.3 Å². The Morgan fingerprint density at radius 1 is 0.355 bits per heavy atom. The van der Waals surface area contributed by atoms with Gasteiger partial charge in [0.25, 0.3) is 0 Å². The van der Waals surface area contributed by atoms with E-state index < -0.39 is 0 Å². The van der Waals surface area contributed by atoms with Crippen LogP contribution < -0.4 is 0 Å². The number of aromatic nitrogens is 6. The molecule has 0 spiro atoms. The van der Waals surface area contributed by atoms with Crippen LogP contribution in [0.4, 0.5) is 0 Å².